The van der Waals surface area contributed by atoms with Crippen LogP contribution in [0, 0.1) is 0 Å². The van der Waals surface area contributed by atoms with Crippen molar-refractivity contribution in [3.8, 4) is 5.75 Å². The highest BCUT2D eigenvalue weighted by molar-refractivity contribution is 7.78. The van der Waals surface area contributed by atoms with Crippen LogP contribution in [0.25, 0.3) is 0 Å². The van der Waals surface area contributed by atoms with Crippen LogP contribution in [0.4, 0.5) is 11.4 Å². The molecule has 5 heteroatoms. The van der Waals surface area contributed by atoms with Crippen LogP contribution in [-0.4, -0.2) is 5.11 Å². The molecule has 0 atom stereocenters. The second-order valence-corrected chi connectivity index (χ2v) is 9.75. The van der Waals surface area contributed by atoms with Crippen LogP contribution in [-0.2, 0) is 10.7 Å². The van der Waals surface area contributed by atoms with Crippen LogP contribution in [0.15, 0.2) is 119 Å². The summed E-state index contributed by atoms with van der Waals surface area (Å²) in [4.78, 5) is 0. The predicted molar refractivity (Wildman–Crippen MR) is 122 cm³/mol. The van der Waals surface area contributed by atoms with Gasteiger partial charge in [-0.2, -0.15) is 10.2 Å². The second kappa shape index (κ2) is 8.89. The summed E-state index contributed by atoms with van der Waals surface area (Å²) in [5, 5.41) is 20.5. The number of hydrogen-bond acceptors (Lipinski definition) is 4. The molecule has 0 bridgehead atoms. The third kappa shape index (κ3) is 4.40. The molecule has 0 heterocycles. The van der Waals surface area contributed by atoms with E-state index >= 15 is 0 Å². The van der Waals surface area contributed by atoms with Gasteiger partial charge in [0, 0.05) is 22.3 Å². The van der Waals surface area contributed by atoms with Crippen molar-refractivity contribution in [2.75, 3.05) is 0 Å². The standard InChI is InChI=1S/C25H21N2O2P/c28-25-17-16-22(27-26-21-10-4-1-5-11-21)18-20(25)19-30(29,23-12-6-2-7-13-23)24-14-8-3-9-15-24/h1-18,28H,19H2. The van der Waals surface area contributed by atoms with Gasteiger partial charge in [-0.05, 0) is 30.3 Å². The molecule has 0 amide bonds. The van der Waals surface area contributed by atoms with Crippen LogP contribution >= 0.6 is 7.14 Å². The van der Waals surface area contributed by atoms with Gasteiger partial charge in [0.1, 0.15) is 12.9 Å². The molecule has 4 aromatic rings. The van der Waals surface area contributed by atoms with Gasteiger partial charge in [-0.25, -0.2) is 0 Å². The molecule has 30 heavy (non-hydrogen) atoms. The summed E-state index contributed by atoms with van der Waals surface area (Å²) in [5.41, 5.74) is 1.92. The third-order valence-corrected chi connectivity index (χ3v) is 7.89. The van der Waals surface area contributed by atoms with E-state index in [9.17, 15) is 9.67 Å². The second-order valence-electron chi connectivity index (χ2n) is 6.92. The molecule has 0 aliphatic carbocycles. The molecule has 148 valence electrons. The number of phenols is 1. The zero-order valence-corrected chi connectivity index (χ0v) is 17.2. The summed E-state index contributed by atoms with van der Waals surface area (Å²) in [6.07, 6.45) is 0.196. The van der Waals surface area contributed by atoms with Crippen molar-refractivity contribution in [3.05, 3.63) is 115 Å². The summed E-state index contributed by atoms with van der Waals surface area (Å²) in [6, 6.07) is 33.3. The zero-order valence-electron chi connectivity index (χ0n) is 16.3. The Labute approximate surface area is 175 Å². The lowest BCUT2D eigenvalue weighted by atomic mass is 10.2. The molecule has 0 aromatic heterocycles. The molecule has 0 aliphatic heterocycles. The van der Waals surface area contributed by atoms with Gasteiger partial charge in [0.05, 0.1) is 11.4 Å². The molecule has 0 spiro atoms. The Morgan fingerprint density at radius 3 is 1.70 bits per heavy atom. The fraction of sp³-hybridized carbons (Fsp3) is 0.0400. The maximum Gasteiger partial charge on any atom is 0.147 e. The lowest BCUT2D eigenvalue weighted by molar-refractivity contribution is 0.470. The van der Waals surface area contributed by atoms with Crippen molar-refractivity contribution in [2.24, 2.45) is 10.2 Å². The number of aromatic hydroxyl groups is 1. The Balaban J connectivity index is 1.72. The van der Waals surface area contributed by atoms with Gasteiger partial charge in [0.15, 0.2) is 0 Å². The fourth-order valence-corrected chi connectivity index (χ4v) is 5.98. The summed E-state index contributed by atoms with van der Waals surface area (Å²) in [7, 11) is -3.00. The van der Waals surface area contributed by atoms with Gasteiger partial charge >= 0.3 is 0 Å². The lowest BCUT2D eigenvalue weighted by Gasteiger charge is -2.20. The Morgan fingerprint density at radius 1 is 0.633 bits per heavy atom. The Hall–Kier alpha value is -3.49. The summed E-state index contributed by atoms with van der Waals surface area (Å²) in [6.45, 7) is 0. The van der Waals surface area contributed by atoms with Crippen molar-refractivity contribution < 1.29 is 9.67 Å². The van der Waals surface area contributed by atoms with Crippen LogP contribution in [0.2, 0.25) is 0 Å². The smallest absolute Gasteiger partial charge is 0.147 e. The van der Waals surface area contributed by atoms with E-state index in [4.69, 9.17) is 0 Å². The quantitative estimate of drug-likeness (QED) is 0.297. The molecule has 4 nitrogen and oxygen atoms in total. The summed E-state index contributed by atoms with van der Waals surface area (Å²) >= 11 is 0. The first-order valence-electron chi connectivity index (χ1n) is 9.64. The molecule has 0 aliphatic rings. The molecule has 0 radical (unpaired) electrons. The van der Waals surface area contributed by atoms with Gasteiger partial charge in [-0.1, -0.05) is 78.9 Å². The average molecular weight is 412 g/mol. The highest BCUT2D eigenvalue weighted by Crippen LogP contribution is 2.48. The van der Waals surface area contributed by atoms with Crippen molar-refractivity contribution in [1.29, 1.82) is 0 Å². The van der Waals surface area contributed by atoms with E-state index in [-0.39, 0.29) is 11.9 Å². The highest BCUT2D eigenvalue weighted by Gasteiger charge is 2.28. The number of hydrogen-bond donors (Lipinski definition) is 1. The van der Waals surface area contributed by atoms with Gasteiger partial charge in [-0.3, -0.25) is 0 Å². The largest absolute Gasteiger partial charge is 0.508 e. The topological polar surface area (TPSA) is 62.0 Å². The fourth-order valence-electron chi connectivity index (χ4n) is 3.28. The zero-order chi connectivity index (χ0) is 20.8. The molecule has 0 saturated carbocycles. The summed E-state index contributed by atoms with van der Waals surface area (Å²) in [5.74, 6) is 0.0979. The van der Waals surface area contributed by atoms with E-state index in [1.165, 1.54) is 0 Å². The SMILES string of the molecule is O=P(Cc1cc(N=Nc2ccccc2)ccc1O)(c1ccccc1)c1ccccc1. The minimum absolute atomic E-state index is 0.0979. The van der Waals surface area contributed by atoms with E-state index in [2.05, 4.69) is 10.2 Å². The summed E-state index contributed by atoms with van der Waals surface area (Å²) < 4.78 is 14.3. The maximum absolute atomic E-state index is 14.3. The Morgan fingerprint density at radius 2 is 1.13 bits per heavy atom. The van der Waals surface area contributed by atoms with Crippen molar-refractivity contribution in [1.82, 2.24) is 0 Å². The van der Waals surface area contributed by atoms with Gasteiger partial charge in [-0.15, -0.1) is 0 Å². The predicted octanol–water partition coefficient (Wildman–Crippen LogP) is 6.32. The van der Waals surface area contributed by atoms with E-state index < -0.39 is 7.14 Å². The minimum atomic E-state index is -3.00. The molecule has 1 N–H and O–H groups in total. The first-order chi connectivity index (χ1) is 14.6. The molecule has 4 aromatic carbocycles. The van der Waals surface area contributed by atoms with E-state index in [1.54, 1.807) is 18.2 Å². The van der Waals surface area contributed by atoms with Crippen molar-refractivity contribution in [3.63, 3.8) is 0 Å². The number of phenolic OH excluding ortho intramolecular Hbond substituents is 1. The van der Waals surface area contributed by atoms with Crippen LogP contribution in [0.3, 0.4) is 0 Å². The third-order valence-electron chi connectivity index (χ3n) is 4.84. The molecule has 0 saturated heterocycles. The van der Waals surface area contributed by atoms with Gasteiger partial charge in [0.2, 0.25) is 0 Å². The maximum atomic E-state index is 14.3. The normalized spacial score (nSPS) is 11.6. The monoisotopic (exact) mass is 412 g/mol. The van der Waals surface area contributed by atoms with Crippen LogP contribution < -0.4 is 10.6 Å². The first-order valence-corrected chi connectivity index (χ1v) is 11.5. The Bertz CT molecular complexity index is 1150. The van der Waals surface area contributed by atoms with Gasteiger partial charge in [0.25, 0.3) is 0 Å². The lowest BCUT2D eigenvalue weighted by Crippen LogP contribution is -2.17. The number of azo groups is 1. The average Bonchev–Trinajstić information content (AvgIpc) is 2.81. The van der Waals surface area contributed by atoms with Gasteiger partial charge < -0.3 is 9.67 Å². The number of benzene rings is 4. The molecular formula is C25H21N2O2P. The Kier molecular flexibility index (Phi) is 5.87. The minimum Gasteiger partial charge on any atom is -0.508 e. The molecule has 0 unspecified atom stereocenters. The highest BCUT2D eigenvalue weighted by atomic mass is 31.2. The van der Waals surface area contributed by atoms with Crippen LogP contribution in [0.5, 0.6) is 5.75 Å². The van der Waals surface area contributed by atoms with E-state index in [0.717, 1.165) is 16.3 Å². The van der Waals surface area contributed by atoms with E-state index in [1.807, 2.05) is 91.0 Å². The number of rotatable bonds is 6. The number of nitrogens with zero attached hydrogens (tertiary/aromatic N) is 2. The van der Waals surface area contributed by atoms with Crippen molar-refractivity contribution >= 4 is 29.1 Å². The van der Waals surface area contributed by atoms with Crippen LogP contribution in [0.1, 0.15) is 5.56 Å². The van der Waals surface area contributed by atoms with E-state index in [0.29, 0.717) is 11.3 Å². The van der Waals surface area contributed by atoms with Crippen molar-refractivity contribution in [2.45, 2.75) is 6.16 Å². The first kappa shape index (κ1) is 19.8. The molecule has 0 fully saturated rings. The molecular weight excluding hydrogens is 391 g/mol. The molecule has 4 rings (SSSR count).